The second-order valence-electron chi connectivity index (χ2n) is 8.76. The molecule has 34 heavy (non-hydrogen) atoms. The third-order valence-corrected chi connectivity index (χ3v) is 6.19. The van der Waals surface area contributed by atoms with E-state index in [-0.39, 0.29) is 6.03 Å². The van der Waals surface area contributed by atoms with Gasteiger partial charge in [0.25, 0.3) is 0 Å². The van der Waals surface area contributed by atoms with E-state index in [1.807, 2.05) is 35.2 Å². The number of hydrogen-bond donors (Lipinski definition) is 2. The van der Waals surface area contributed by atoms with E-state index < -0.39 is 0 Å². The Labute approximate surface area is 205 Å². The van der Waals surface area contributed by atoms with Crippen LogP contribution in [0.1, 0.15) is 12.2 Å². The van der Waals surface area contributed by atoms with Gasteiger partial charge in [-0.25, -0.2) is 14.8 Å². The summed E-state index contributed by atoms with van der Waals surface area (Å²) in [5.74, 6) is 1.68. The number of nitrogens with zero attached hydrogens (tertiary/aromatic N) is 5. The molecule has 1 fully saturated rings. The highest BCUT2D eigenvalue weighted by Gasteiger charge is 2.22. The summed E-state index contributed by atoms with van der Waals surface area (Å²) in [4.78, 5) is 28.6. The van der Waals surface area contributed by atoms with E-state index in [0.29, 0.717) is 30.3 Å². The van der Waals surface area contributed by atoms with Crippen LogP contribution in [0, 0.1) is 0 Å². The van der Waals surface area contributed by atoms with Crippen LogP contribution in [0.3, 0.4) is 0 Å². The van der Waals surface area contributed by atoms with Gasteiger partial charge < -0.3 is 20.4 Å². The lowest BCUT2D eigenvalue weighted by atomic mass is 10.2. The Morgan fingerprint density at radius 1 is 1.03 bits per heavy atom. The zero-order valence-corrected chi connectivity index (χ0v) is 20.6. The number of halogens is 1. The zero-order valence-electron chi connectivity index (χ0n) is 19.8. The van der Waals surface area contributed by atoms with Crippen molar-refractivity contribution in [2.75, 3.05) is 64.0 Å². The SMILES string of the molecule is CN(C)CCCNc1nc(CN2CCN(C(=O)Nc3ccccc3Cl)CC2)nc2ccccc12. The monoisotopic (exact) mass is 481 g/mol. The van der Waals surface area contributed by atoms with Gasteiger partial charge in [0.1, 0.15) is 11.6 Å². The lowest BCUT2D eigenvalue weighted by molar-refractivity contribution is 0.141. The number of carbonyl (C=O) groups excluding carboxylic acids is 1. The molecule has 0 unspecified atom stereocenters. The topological polar surface area (TPSA) is 76.6 Å². The quantitative estimate of drug-likeness (QED) is 0.474. The molecule has 2 N–H and O–H groups in total. The highest BCUT2D eigenvalue weighted by molar-refractivity contribution is 6.33. The van der Waals surface area contributed by atoms with Gasteiger partial charge in [0.2, 0.25) is 0 Å². The number of rotatable bonds is 8. The molecule has 0 spiro atoms. The first-order valence-corrected chi connectivity index (χ1v) is 12.0. The third kappa shape index (κ3) is 6.34. The van der Waals surface area contributed by atoms with E-state index in [9.17, 15) is 4.79 Å². The molecule has 1 saturated heterocycles. The molecule has 1 aromatic heterocycles. The maximum Gasteiger partial charge on any atom is 0.321 e. The molecule has 0 radical (unpaired) electrons. The second kappa shape index (κ2) is 11.5. The summed E-state index contributed by atoms with van der Waals surface area (Å²) < 4.78 is 0. The molecular formula is C25H32ClN7O. The van der Waals surface area contributed by atoms with Crippen molar-refractivity contribution in [2.45, 2.75) is 13.0 Å². The largest absolute Gasteiger partial charge is 0.369 e. The summed E-state index contributed by atoms with van der Waals surface area (Å²) in [5, 5.41) is 7.98. The highest BCUT2D eigenvalue weighted by Crippen LogP contribution is 2.22. The molecule has 9 heteroatoms. The van der Waals surface area contributed by atoms with Crippen LogP contribution in [-0.2, 0) is 6.54 Å². The number of para-hydroxylation sites is 2. The average Bonchev–Trinajstić information content (AvgIpc) is 2.83. The van der Waals surface area contributed by atoms with Crippen molar-refractivity contribution in [3.8, 4) is 0 Å². The molecule has 4 rings (SSSR count). The number of hydrogen-bond acceptors (Lipinski definition) is 6. The second-order valence-corrected chi connectivity index (χ2v) is 9.17. The molecule has 0 atom stereocenters. The van der Waals surface area contributed by atoms with Gasteiger partial charge in [-0.1, -0.05) is 35.9 Å². The van der Waals surface area contributed by atoms with E-state index in [4.69, 9.17) is 21.6 Å². The first-order chi connectivity index (χ1) is 16.5. The van der Waals surface area contributed by atoms with Gasteiger partial charge in [0.15, 0.2) is 0 Å². The number of benzene rings is 2. The fraction of sp³-hybridized carbons (Fsp3) is 0.400. The number of amides is 2. The van der Waals surface area contributed by atoms with Crippen molar-refractivity contribution in [1.29, 1.82) is 0 Å². The lowest BCUT2D eigenvalue weighted by Crippen LogP contribution is -2.49. The van der Waals surface area contributed by atoms with Gasteiger partial charge in [0, 0.05) is 38.1 Å². The van der Waals surface area contributed by atoms with Crippen molar-refractivity contribution < 1.29 is 4.79 Å². The van der Waals surface area contributed by atoms with Crippen LogP contribution in [0.15, 0.2) is 48.5 Å². The van der Waals surface area contributed by atoms with E-state index >= 15 is 0 Å². The number of aromatic nitrogens is 2. The Hall–Kier alpha value is -2.94. The standard InChI is InChI=1S/C25H32ClN7O/c1-31(2)13-7-12-27-24-19-8-3-5-10-21(19)28-23(30-24)18-32-14-16-33(17-15-32)25(34)29-22-11-6-4-9-20(22)26/h3-6,8-11H,7,12-18H2,1-2H3,(H,29,34)(H,27,28,30). The van der Waals surface area contributed by atoms with Gasteiger partial charge in [-0.15, -0.1) is 0 Å². The van der Waals surface area contributed by atoms with Crippen LogP contribution >= 0.6 is 11.6 Å². The molecule has 3 aromatic rings. The molecule has 8 nitrogen and oxygen atoms in total. The van der Waals surface area contributed by atoms with E-state index in [0.717, 1.165) is 55.1 Å². The first-order valence-electron chi connectivity index (χ1n) is 11.7. The molecule has 2 aromatic carbocycles. The molecule has 2 amide bonds. The van der Waals surface area contributed by atoms with Crippen LogP contribution < -0.4 is 10.6 Å². The maximum atomic E-state index is 12.6. The smallest absolute Gasteiger partial charge is 0.321 e. The molecule has 1 aliphatic heterocycles. The van der Waals surface area contributed by atoms with Gasteiger partial charge in [-0.05, 0) is 51.3 Å². The summed E-state index contributed by atoms with van der Waals surface area (Å²) in [6.07, 6.45) is 1.04. The number of carbonyl (C=O) groups is 1. The Morgan fingerprint density at radius 2 is 1.76 bits per heavy atom. The Morgan fingerprint density at radius 3 is 2.53 bits per heavy atom. The Bertz CT molecular complexity index is 1120. The summed E-state index contributed by atoms with van der Waals surface area (Å²) in [6.45, 7) is 5.33. The summed E-state index contributed by atoms with van der Waals surface area (Å²) >= 11 is 6.17. The number of urea groups is 1. The van der Waals surface area contributed by atoms with Crippen LogP contribution in [0.5, 0.6) is 0 Å². The van der Waals surface area contributed by atoms with Crippen molar-refractivity contribution >= 4 is 40.0 Å². The highest BCUT2D eigenvalue weighted by atomic mass is 35.5. The van der Waals surface area contributed by atoms with Crippen LogP contribution in [0.2, 0.25) is 5.02 Å². The van der Waals surface area contributed by atoms with Crippen molar-refractivity contribution in [1.82, 2.24) is 24.7 Å². The van der Waals surface area contributed by atoms with Crippen LogP contribution in [0.4, 0.5) is 16.3 Å². The van der Waals surface area contributed by atoms with E-state index in [1.54, 1.807) is 12.1 Å². The third-order valence-electron chi connectivity index (χ3n) is 5.86. The number of nitrogens with one attached hydrogen (secondary N) is 2. The van der Waals surface area contributed by atoms with Crippen molar-refractivity contribution in [2.24, 2.45) is 0 Å². The molecule has 1 aliphatic rings. The lowest BCUT2D eigenvalue weighted by Gasteiger charge is -2.34. The minimum absolute atomic E-state index is 0.126. The van der Waals surface area contributed by atoms with Gasteiger partial charge in [-0.2, -0.15) is 0 Å². The predicted octanol–water partition coefficient (Wildman–Crippen LogP) is 4.00. The van der Waals surface area contributed by atoms with Crippen LogP contribution in [-0.4, -0.2) is 84.1 Å². The number of piperazine rings is 1. The summed E-state index contributed by atoms with van der Waals surface area (Å²) in [7, 11) is 4.16. The molecule has 2 heterocycles. The molecule has 0 aliphatic carbocycles. The maximum absolute atomic E-state index is 12.6. The minimum Gasteiger partial charge on any atom is -0.369 e. The predicted molar refractivity (Wildman–Crippen MR) is 139 cm³/mol. The number of anilines is 2. The number of fused-ring (bicyclic) bond motifs is 1. The van der Waals surface area contributed by atoms with Gasteiger partial charge in [0.05, 0.1) is 22.8 Å². The minimum atomic E-state index is -0.126. The molecular weight excluding hydrogens is 450 g/mol. The fourth-order valence-electron chi connectivity index (χ4n) is 4.00. The fourth-order valence-corrected chi connectivity index (χ4v) is 4.18. The molecule has 180 valence electrons. The molecule has 0 saturated carbocycles. The Kier molecular flexibility index (Phi) is 8.16. The average molecular weight is 482 g/mol. The summed E-state index contributed by atoms with van der Waals surface area (Å²) in [6, 6.07) is 15.3. The Balaban J connectivity index is 1.35. The van der Waals surface area contributed by atoms with E-state index in [1.165, 1.54) is 0 Å². The van der Waals surface area contributed by atoms with Crippen molar-refractivity contribution in [3.63, 3.8) is 0 Å². The van der Waals surface area contributed by atoms with Gasteiger partial charge in [-0.3, -0.25) is 4.90 Å². The van der Waals surface area contributed by atoms with E-state index in [2.05, 4.69) is 40.6 Å². The normalized spacial score (nSPS) is 14.5. The first kappa shape index (κ1) is 24.2. The van der Waals surface area contributed by atoms with Crippen LogP contribution in [0.25, 0.3) is 10.9 Å². The van der Waals surface area contributed by atoms with Crippen molar-refractivity contribution in [3.05, 3.63) is 59.4 Å². The molecule has 0 bridgehead atoms. The zero-order chi connectivity index (χ0) is 23.9. The van der Waals surface area contributed by atoms with Gasteiger partial charge >= 0.3 is 6.03 Å². The summed E-state index contributed by atoms with van der Waals surface area (Å²) in [5.41, 5.74) is 1.58.